The molecule has 0 aliphatic heterocycles. The standard InChI is InChI=1S/C21H20O4/c1-24-18(22)20-12-7-13-21(19(23)25-2,16-10-5-3-8-14(16)20)17-11-6-4-9-15(17)20/h3-6,8-11H,7,12-13H2,1-2H3. The molecule has 3 aliphatic carbocycles. The molecule has 4 heteroatoms. The quantitative estimate of drug-likeness (QED) is 0.791. The molecule has 2 bridgehead atoms. The van der Waals surface area contributed by atoms with Crippen LogP contribution in [0.5, 0.6) is 0 Å². The summed E-state index contributed by atoms with van der Waals surface area (Å²) in [5, 5.41) is 0. The summed E-state index contributed by atoms with van der Waals surface area (Å²) in [6.45, 7) is 0. The number of ether oxygens (including phenoxy) is 2. The molecule has 0 heterocycles. The highest BCUT2D eigenvalue weighted by Crippen LogP contribution is 2.57. The van der Waals surface area contributed by atoms with Gasteiger partial charge in [-0.1, -0.05) is 48.5 Å². The van der Waals surface area contributed by atoms with Gasteiger partial charge in [-0.05, 0) is 41.5 Å². The van der Waals surface area contributed by atoms with Crippen molar-refractivity contribution in [3.63, 3.8) is 0 Å². The van der Waals surface area contributed by atoms with Crippen LogP contribution in [-0.2, 0) is 29.9 Å². The third-order valence-corrected chi connectivity index (χ3v) is 5.86. The maximum absolute atomic E-state index is 13.0. The van der Waals surface area contributed by atoms with E-state index in [1.54, 1.807) is 0 Å². The maximum Gasteiger partial charge on any atom is 0.320 e. The van der Waals surface area contributed by atoms with Crippen molar-refractivity contribution >= 4 is 11.9 Å². The summed E-state index contributed by atoms with van der Waals surface area (Å²) in [5.74, 6) is -0.541. The minimum Gasteiger partial charge on any atom is -0.468 e. The van der Waals surface area contributed by atoms with E-state index in [9.17, 15) is 9.59 Å². The lowest BCUT2D eigenvalue weighted by atomic mass is 9.58. The highest BCUT2D eigenvalue weighted by molar-refractivity contribution is 5.97. The second kappa shape index (κ2) is 5.45. The van der Waals surface area contributed by atoms with E-state index in [0.29, 0.717) is 12.8 Å². The van der Waals surface area contributed by atoms with Crippen molar-refractivity contribution in [2.75, 3.05) is 14.2 Å². The summed E-state index contributed by atoms with van der Waals surface area (Å²) in [5.41, 5.74) is 1.73. The van der Waals surface area contributed by atoms with Crippen LogP contribution in [0.3, 0.4) is 0 Å². The largest absolute Gasteiger partial charge is 0.468 e. The van der Waals surface area contributed by atoms with Gasteiger partial charge in [0.25, 0.3) is 0 Å². The Balaban J connectivity index is 2.18. The molecular formula is C21H20O4. The van der Waals surface area contributed by atoms with Gasteiger partial charge in [0.05, 0.1) is 14.2 Å². The second-order valence-electron chi connectivity index (χ2n) is 6.74. The van der Waals surface area contributed by atoms with Crippen LogP contribution in [0, 0.1) is 0 Å². The predicted molar refractivity (Wildman–Crippen MR) is 92.3 cm³/mol. The minimum atomic E-state index is -0.865. The van der Waals surface area contributed by atoms with E-state index in [-0.39, 0.29) is 11.9 Å². The molecule has 25 heavy (non-hydrogen) atoms. The average Bonchev–Trinajstić information content (AvgIpc) is 2.93. The van der Waals surface area contributed by atoms with Gasteiger partial charge in [-0.15, -0.1) is 0 Å². The van der Waals surface area contributed by atoms with Crippen LogP contribution in [0.1, 0.15) is 41.5 Å². The Morgan fingerprint density at radius 3 is 1.32 bits per heavy atom. The monoisotopic (exact) mass is 336 g/mol. The normalized spacial score (nSPS) is 26.2. The van der Waals surface area contributed by atoms with Crippen LogP contribution < -0.4 is 0 Å². The Bertz CT molecular complexity index is 750. The maximum atomic E-state index is 13.0. The Morgan fingerprint density at radius 1 is 0.720 bits per heavy atom. The van der Waals surface area contributed by atoms with Gasteiger partial charge in [0, 0.05) is 0 Å². The first-order valence-corrected chi connectivity index (χ1v) is 8.49. The summed E-state index contributed by atoms with van der Waals surface area (Å²) in [6.07, 6.45) is 1.96. The van der Waals surface area contributed by atoms with Crippen LogP contribution in [0.15, 0.2) is 48.5 Å². The molecule has 128 valence electrons. The topological polar surface area (TPSA) is 52.6 Å². The number of carbonyl (C=O) groups is 2. The second-order valence-corrected chi connectivity index (χ2v) is 6.74. The molecule has 0 spiro atoms. The fraction of sp³-hybridized carbons (Fsp3) is 0.333. The van der Waals surface area contributed by atoms with Gasteiger partial charge < -0.3 is 9.47 Å². The van der Waals surface area contributed by atoms with Gasteiger partial charge >= 0.3 is 11.9 Å². The number of rotatable bonds is 2. The smallest absolute Gasteiger partial charge is 0.320 e. The molecule has 0 radical (unpaired) electrons. The summed E-state index contributed by atoms with van der Waals surface area (Å²) in [6, 6.07) is 15.5. The van der Waals surface area contributed by atoms with Crippen LogP contribution in [0.25, 0.3) is 0 Å². The van der Waals surface area contributed by atoms with E-state index >= 15 is 0 Å². The minimum absolute atomic E-state index is 0.271. The Labute approximate surface area is 146 Å². The van der Waals surface area contributed by atoms with E-state index in [1.807, 2.05) is 48.5 Å². The molecule has 0 atom stereocenters. The van der Waals surface area contributed by atoms with Gasteiger partial charge in [-0.25, -0.2) is 0 Å². The van der Waals surface area contributed by atoms with Crippen LogP contribution in [-0.4, -0.2) is 26.2 Å². The molecule has 0 unspecified atom stereocenters. The number of methoxy groups -OCH3 is 2. The molecule has 0 fully saturated rings. The first kappa shape index (κ1) is 15.9. The van der Waals surface area contributed by atoms with Crippen LogP contribution in [0.4, 0.5) is 0 Å². The summed E-state index contributed by atoms with van der Waals surface area (Å²) in [4.78, 5) is 26.1. The fourth-order valence-electron chi connectivity index (χ4n) is 4.89. The zero-order chi connectivity index (χ0) is 17.7. The zero-order valence-electron chi connectivity index (χ0n) is 14.4. The van der Waals surface area contributed by atoms with Crippen LogP contribution >= 0.6 is 0 Å². The molecule has 4 nitrogen and oxygen atoms in total. The van der Waals surface area contributed by atoms with Crippen molar-refractivity contribution in [1.82, 2.24) is 0 Å². The molecule has 0 saturated carbocycles. The van der Waals surface area contributed by atoms with Crippen molar-refractivity contribution in [2.45, 2.75) is 30.1 Å². The first-order chi connectivity index (χ1) is 12.1. The van der Waals surface area contributed by atoms with Gasteiger partial charge in [0.2, 0.25) is 0 Å². The molecule has 2 aromatic rings. The SMILES string of the molecule is COC(=O)C12CCCC(C(=O)OC)(c3ccccc31)c1ccccc12. The van der Waals surface area contributed by atoms with Crippen molar-refractivity contribution in [1.29, 1.82) is 0 Å². The Morgan fingerprint density at radius 2 is 1.04 bits per heavy atom. The Hall–Kier alpha value is -2.62. The molecule has 2 aromatic carbocycles. The number of fused-ring (bicyclic) bond motifs is 2. The van der Waals surface area contributed by atoms with Gasteiger partial charge in [-0.2, -0.15) is 0 Å². The van der Waals surface area contributed by atoms with E-state index < -0.39 is 10.8 Å². The van der Waals surface area contributed by atoms with Crippen molar-refractivity contribution in [2.24, 2.45) is 0 Å². The average molecular weight is 336 g/mol. The molecule has 0 aromatic heterocycles. The zero-order valence-corrected chi connectivity index (χ0v) is 14.4. The molecule has 3 aliphatic rings. The van der Waals surface area contributed by atoms with E-state index in [1.165, 1.54) is 14.2 Å². The first-order valence-electron chi connectivity index (χ1n) is 8.49. The molecule has 0 N–H and O–H groups in total. The number of hydrogen-bond acceptors (Lipinski definition) is 4. The van der Waals surface area contributed by atoms with E-state index in [0.717, 1.165) is 28.7 Å². The van der Waals surface area contributed by atoms with E-state index in [2.05, 4.69) is 0 Å². The number of carbonyl (C=O) groups excluding carboxylic acids is 2. The highest BCUT2D eigenvalue weighted by atomic mass is 16.5. The third kappa shape index (κ3) is 1.77. The van der Waals surface area contributed by atoms with E-state index in [4.69, 9.17) is 9.47 Å². The van der Waals surface area contributed by atoms with Gasteiger partial charge in [0.1, 0.15) is 10.8 Å². The highest BCUT2D eigenvalue weighted by Gasteiger charge is 2.60. The van der Waals surface area contributed by atoms with Crippen LogP contribution in [0.2, 0.25) is 0 Å². The van der Waals surface area contributed by atoms with Crippen molar-refractivity contribution in [3.05, 3.63) is 70.8 Å². The molecule has 5 rings (SSSR count). The summed E-state index contributed by atoms with van der Waals surface area (Å²) in [7, 11) is 2.85. The lowest BCUT2D eigenvalue weighted by Crippen LogP contribution is -2.48. The van der Waals surface area contributed by atoms with Gasteiger partial charge in [-0.3, -0.25) is 9.59 Å². The number of benzene rings is 2. The predicted octanol–water partition coefficient (Wildman–Crippen LogP) is 3.10. The fourth-order valence-corrected chi connectivity index (χ4v) is 4.89. The van der Waals surface area contributed by atoms with Crippen molar-refractivity contribution in [3.8, 4) is 0 Å². The Kier molecular flexibility index (Phi) is 3.46. The molecule has 0 amide bonds. The number of esters is 2. The summed E-state index contributed by atoms with van der Waals surface area (Å²) < 4.78 is 10.5. The lowest BCUT2D eigenvalue weighted by Gasteiger charge is -2.43. The van der Waals surface area contributed by atoms with Crippen molar-refractivity contribution < 1.29 is 19.1 Å². The summed E-state index contributed by atoms with van der Waals surface area (Å²) >= 11 is 0. The number of hydrogen-bond donors (Lipinski definition) is 0. The molecule has 0 saturated heterocycles. The van der Waals surface area contributed by atoms with Gasteiger partial charge in [0.15, 0.2) is 0 Å². The third-order valence-electron chi connectivity index (χ3n) is 5.86. The molecular weight excluding hydrogens is 316 g/mol. The lowest BCUT2D eigenvalue weighted by molar-refractivity contribution is -0.148.